The van der Waals surface area contributed by atoms with E-state index in [9.17, 15) is 4.79 Å². The van der Waals surface area contributed by atoms with Crippen molar-refractivity contribution in [3.05, 3.63) is 65.9 Å². The average molecular weight is 439 g/mol. The lowest BCUT2D eigenvalue weighted by Crippen LogP contribution is -2.19. The summed E-state index contributed by atoms with van der Waals surface area (Å²) in [6.45, 7) is 2.24. The quantitative estimate of drug-likeness (QED) is 0.229. The summed E-state index contributed by atoms with van der Waals surface area (Å²) in [7, 11) is 3.34. The van der Waals surface area contributed by atoms with Gasteiger partial charge in [-0.25, -0.2) is 0 Å². The summed E-state index contributed by atoms with van der Waals surface area (Å²) < 4.78 is 18.5. The number of ether oxygens (including phenoxy) is 3. The van der Waals surface area contributed by atoms with Gasteiger partial charge in [0.1, 0.15) is 29.2 Å². The minimum absolute atomic E-state index is 0.132. The predicted octanol–water partition coefficient (Wildman–Crippen LogP) is 3.18. The van der Waals surface area contributed by atoms with E-state index < -0.39 is 0 Å². The molecule has 0 aliphatic rings. The number of carbonyl (C=O) groups is 1. The lowest BCUT2D eigenvalue weighted by molar-refractivity contribution is 0.0915. The number of rotatable bonds is 9. The summed E-state index contributed by atoms with van der Waals surface area (Å²) >= 11 is 0. The number of anilines is 1. The summed E-state index contributed by atoms with van der Waals surface area (Å²) in [5, 5.41) is 23.3. The van der Waals surface area contributed by atoms with E-state index >= 15 is 0 Å². The molecule has 0 aliphatic carbocycles. The van der Waals surface area contributed by atoms with Crippen LogP contribution in [0.3, 0.4) is 0 Å². The van der Waals surface area contributed by atoms with E-state index in [1.54, 1.807) is 79.0 Å². The Balaban J connectivity index is 1.85. The molecular formula is C22H25N5O5. The minimum atomic E-state index is -0.365. The van der Waals surface area contributed by atoms with Crippen LogP contribution in [-0.4, -0.2) is 46.6 Å². The largest absolute Gasteiger partial charge is 0.488 e. The highest BCUT2D eigenvalue weighted by molar-refractivity contribution is 6.04. The van der Waals surface area contributed by atoms with Crippen LogP contribution in [0.15, 0.2) is 54.7 Å². The number of carbonyl (C=O) groups excluding carboxylic acids is 1. The van der Waals surface area contributed by atoms with Gasteiger partial charge >= 0.3 is 0 Å². The Morgan fingerprint density at radius 3 is 2.47 bits per heavy atom. The van der Waals surface area contributed by atoms with Crippen molar-refractivity contribution in [1.82, 2.24) is 15.3 Å². The zero-order chi connectivity index (χ0) is 23.1. The van der Waals surface area contributed by atoms with E-state index in [-0.39, 0.29) is 17.8 Å². The number of aromatic nitrogens is 2. The Labute approximate surface area is 185 Å². The van der Waals surface area contributed by atoms with E-state index in [0.717, 1.165) is 0 Å². The molecule has 0 bridgehead atoms. The number of hydrogen-bond donors (Lipinski definition) is 4. The molecule has 1 unspecified atom stereocenters. The maximum Gasteiger partial charge on any atom is 0.257 e. The Hall–Kier alpha value is -3.89. The second-order valence-corrected chi connectivity index (χ2v) is 7.02. The Morgan fingerprint density at radius 2 is 1.84 bits per heavy atom. The van der Waals surface area contributed by atoms with Gasteiger partial charge in [-0.2, -0.15) is 5.10 Å². The number of amides is 1. The molecule has 1 atom stereocenters. The molecule has 3 aromatic rings. The van der Waals surface area contributed by atoms with Crippen molar-refractivity contribution < 1.29 is 24.2 Å². The van der Waals surface area contributed by atoms with Crippen molar-refractivity contribution in [3.8, 4) is 17.2 Å². The normalized spacial score (nSPS) is 11.5. The second kappa shape index (κ2) is 10.4. The predicted molar refractivity (Wildman–Crippen MR) is 118 cm³/mol. The Kier molecular flexibility index (Phi) is 7.42. The molecule has 32 heavy (non-hydrogen) atoms. The van der Waals surface area contributed by atoms with Crippen LogP contribution in [-0.2, 0) is 11.8 Å². The van der Waals surface area contributed by atoms with Crippen LogP contribution in [0.2, 0.25) is 0 Å². The molecule has 0 fully saturated rings. The SMILES string of the molecule is COCC(C)Oc1cc(Oc2ccc(C(=N)NO)cc2)cc(C(=O)Nc2ccn(C)n2)c1. The molecular weight excluding hydrogens is 414 g/mol. The van der Waals surface area contributed by atoms with E-state index in [2.05, 4.69) is 10.4 Å². The van der Waals surface area contributed by atoms with Crippen LogP contribution in [0.5, 0.6) is 17.2 Å². The van der Waals surface area contributed by atoms with Crippen molar-refractivity contribution in [1.29, 1.82) is 5.41 Å². The molecule has 0 saturated carbocycles. The molecule has 10 heteroatoms. The van der Waals surface area contributed by atoms with Crippen LogP contribution >= 0.6 is 0 Å². The molecule has 1 amide bonds. The first kappa shape index (κ1) is 22.8. The lowest BCUT2D eigenvalue weighted by atomic mass is 10.1. The van der Waals surface area contributed by atoms with Crippen LogP contribution < -0.4 is 20.3 Å². The van der Waals surface area contributed by atoms with Gasteiger partial charge in [0.15, 0.2) is 5.82 Å². The maximum atomic E-state index is 12.8. The highest BCUT2D eigenvalue weighted by Gasteiger charge is 2.14. The first-order valence-electron chi connectivity index (χ1n) is 9.76. The van der Waals surface area contributed by atoms with E-state index in [1.165, 1.54) is 0 Å². The fraction of sp³-hybridized carbons (Fsp3) is 0.227. The molecule has 0 spiro atoms. The molecule has 4 N–H and O–H groups in total. The molecule has 1 aromatic heterocycles. The third-order valence-corrected chi connectivity index (χ3v) is 4.33. The zero-order valence-corrected chi connectivity index (χ0v) is 18.0. The van der Waals surface area contributed by atoms with Gasteiger partial charge < -0.3 is 19.5 Å². The smallest absolute Gasteiger partial charge is 0.257 e. The first-order chi connectivity index (χ1) is 15.4. The number of aryl methyl sites for hydroxylation is 1. The number of amidine groups is 1. The highest BCUT2D eigenvalue weighted by Crippen LogP contribution is 2.29. The van der Waals surface area contributed by atoms with Crippen LogP contribution in [0, 0.1) is 5.41 Å². The molecule has 3 rings (SSSR count). The minimum Gasteiger partial charge on any atom is -0.488 e. The van der Waals surface area contributed by atoms with Gasteiger partial charge in [-0.1, -0.05) is 0 Å². The zero-order valence-electron chi connectivity index (χ0n) is 18.0. The fourth-order valence-electron chi connectivity index (χ4n) is 2.89. The van der Waals surface area contributed by atoms with Crippen molar-refractivity contribution in [2.75, 3.05) is 19.0 Å². The molecule has 0 radical (unpaired) electrons. The van der Waals surface area contributed by atoms with Gasteiger partial charge in [-0.15, -0.1) is 0 Å². The highest BCUT2D eigenvalue weighted by atomic mass is 16.5. The Bertz CT molecular complexity index is 1080. The van der Waals surface area contributed by atoms with Crippen LogP contribution in [0.4, 0.5) is 5.82 Å². The summed E-state index contributed by atoms with van der Waals surface area (Å²) in [5.41, 5.74) is 2.61. The number of nitrogens with zero attached hydrogens (tertiary/aromatic N) is 2. The van der Waals surface area contributed by atoms with Crippen molar-refractivity contribution in [2.45, 2.75) is 13.0 Å². The van der Waals surface area contributed by atoms with E-state index in [1.807, 2.05) is 6.92 Å². The molecule has 2 aromatic carbocycles. The maximum absolute atomic E-state index is 12.8. The molecule has 168 valence electrons. The number of nitrogens with one attached hydrogen (secondary N) is 3. The van der Waals surface area contributed by atoms with Crippen LogP contribution in [0.25, 0.3) is 0 Å². The van der Waals surface area contributed by atoms with Gasteiger partial charge in [-0.05, 0) is 43.3 Å². The van der Waals surface area contributed by atoms with Crippen molar-refractivity contribution in [3.63, 3.8) is 0 Å². The number of benzene rings is 2. The molecule has 10 nitrogen and oxygen atoms in total. The van der Waals surface area contributed by atoms with E-state index in [0.29, 0.717) is 40.8 Å². The van der Waals surface area contributed by atoms with Gasteiger partial charge in [-0.3, -0.25) is 25.6 Å². The van der Waals surface area contributed by atoms with Gasteiger partial charge in [0.25, 0.3) is 5.91 Å². The molecule has 1 heterocycles. The number of hydroxylamine groups is 1. The second-order valence-electron chi connectivity index (χ2n) is 7.02. The van der Waals surface area contributed by atoms with E-state index in [4.69, 9.17) is 24.8 Å². The summed E-state index contributed by atoms with van der Waals surface area (Å²) in [5.74, 6) is 1.25. The van der Waals surface area contributed by atoms with Gasteiger partial charge in [0.2, 0.25) is 0 Å². The Morgan fingerprint density at radius 1 is 1.12 bits per heavy atom. The summed E-state index contributed by atoms with van der Waals surface area (Å²) in [6.07, 6.45) is 1.49. The first-order valence-corrected chi connectivity index (χ1v) is 9.76. The number of hydrogen-bond acceptors (Lipinski definition) is 7. The van der Waals surface area contributed by atoms with Crippen molar-refractivity contribution >= 4 is 17.6 Å². The average Bonchev–Trinajstić information content (AvgIpc) is 3.18. The lowest BCUT2D eigenvalue weighted by Gasteiger charge is -2.16. The van der Waals surface area contributed by atoms with Gasteiger partial charge in [0.05, 0.1) is 6.61 Å². The van der Waals surface area contributed by atoms with Gasteiger partial charge in [0, 0.05) is 43.6 Å². The third-order valence-electron chi connectivity index (χ3n) is 4.33. The molecule has 0 aliphatic heterocycles. The molecule has 0 saturated heterocycles. The monoisotopic (exact) mass is 439 g/mol. The number of methoxy groups -OCH3 is 1. The van der Waals surface area contributed by atoms with Crippen molar-refractivity contribution in [2.24, 2.45) is 7.05 Å². The fourth-order valence-corrected chi connectivity index (χ4v) is 2.89. The van der Waals surface area contributed by atoms with Crippen LogP contribution in [0.1, 0.15) is 22.8 Å². The summed E-state index contributed by atoms with van der Waals surface area (Å²) in [6, 6.07) is 13.1. The standard InChI is InChI=1S/C22H25N5O5/c1-14(13-30-3)31-18-10-16(22(28)24-20-8-9-27(2)25-20)11-19(12-18)32-17-6-4-15(5-7-17)21(23)26-29/h4-12,14,29H,13H2,1-3H3,(H2,23,26)(H,24,25,28). The topological polar surface area (TPSA) is 131 Å². The third kappa shape index (κ3) is 6.06. The summed E-state index contributed by atoms with van der Waals surface area (Å²) in [4.78, 5) is 12.8.